The van der Waals surface area contributed by atoms with Crippen LogP contribution in [0.15, 0.2) is 29.0 Å². The van der Waals surface area contributed by atoms with Gasteiger partial charge in [0.25, 0.3) is 0 Å². The van der Waals surface area contributed by atoms with Gasteiger partial charge in [-0.15, -0.1) is 0 Å². The van der Waals surface area contributed by atoms with Gasteiger partial charge in [-0.3, -0.25) is 9.48 Å². The highest BCUT2D eigenvalue weighted by molar-refractivity contribution is 9.10. The summed E-state index contributed by atoms with van der Waals surface area (Å²) in [5.74, 6) is -0.390. The Labute approximate surface area is 134 Å². The van der Waals surface area contributed by atoms with Crippen molar-refractivity contribution in [1.82, 2.24) is 9.78 Å². The maximum Gasteiger partial charge on any atom is 0.246 e. The van der Waals surface area contributed by atoms with Crippen LogP contribution in [0, 0.1) is 0 Å². The van der Waals surface area contributed by atoms with E-state index < -0.39 is 11.9 Å². The number of carbonyl (C=O) groups is 1. The lowest BCUT2D eigenvalue weighted by Gasteiger charge is -2.13. The lowest BCUT2D eigenvalue weighted by atomic mass is 10.1. The van der Waals surface area contributed by atoms with Gasteiger partial charge in [-0.05, 0) is 28.1 Å². The van der Waals surface area contributed by atoms with E-state index in [1.165, 1.54) is 0 Å². The van der Waals surface area contributed by atoms with Crippen LogP contribution in [-0.4, -0.2) is 15.7 Å². The first-order valence-electron chi connectivity index (χ1n) is 5.58. The van der Waals surface area contributed by atoms with Crippen LogP contribution in [0.25, 0.3) is 0 Å². The highest BCUT2D eigenvalue weighted by Crippen LogP contribution is 2.36. The van der Waals surface area contributed by atoms with Crippen LogP contribution in [-0.2, 0) is 11.8 Å². The number of nitrogens with zero attached hydrogens (tertiary/aromatic N) is 2. The number of hydrogen-bond acceptors (Lipinski definition) is 3. The summed E-state index contributed by atoms with van der Waals surface area (Å²) in [4.78, 5) is 12.1. The Kier molecular flexibility index (Phi) is 4.70. The summed E-state index contributed by atoms with van der Waals surface area (Å²) >= 11 is 15.3. The van der Waals surface area contributed by atoms with Gasteiger partial charge >= 0.3 is 0 Å². The van der Waals surface area contributed by atoms with Crippen molar-refractivity contribution < 1.29 is 4.79 Å². The smallest absolute Gasteiger partial charge is 0.246 e. The second kappa shape index (κ2) is 6.13. The lowest BCUT2D eigenvalue weighted by molar-refractivity contribution is -0.117. The van der Waals surface area contributed by atoms with Gasteiger partial charge in [-0.1, -0.05) is 23.2 Å². The monoisotopic (exact) mass is 376 g/mol. The van der Waals surface area contributed by atoms with Crippen molar-refractivity contribution in [1.29, 1.82) is 0 Å². The van der Waals surface area contributed by atoms with E-state index >= 15 is 0 Å². The average molecular weight is 378 g/mol. The van der Waals surface area contributed by atoms with Gasteiger partial charge in [0.1, 0.15) is 6.04 Å². The first kappa shape index (κ1) is 15.3. The molecule has 0 aliphatic carbocycles. The molecule has 0 aliphatic heterocycles. The average Bonchev–Trinajstić information content (AvgIpc) is 2.85. The van der Waals surface area contributed by atoms with Crippen LogP contribution in [0.3, 0.4) is 0 Å². The third kappa shape index (κ3) is 3.15. The van der Waals surface area contributed by atoms with Crippen molar-refractivity contribution in [3.05, 3.63) is 44.6 Å². The van der Waals surface area contributed by atoms with Crippen molar-refractivity contribution in [3.63, 3.8) is 0 Å². The molecule has 1 atom stereocenters. The zero-order chi connectivity index (χ0) is 14.9. The molecule has 1 aromatic heterocycles. The van der Waals surface area contributed by atoms with Crippen LogP contribution in [0.5, 0.6) is 0 Å². The molecule has 0 radical (unpaired) electrons. The summed E-state index contributed by atoms with van der Waals surface area (Å²) in [5.41, 5.74) is 6.89. The number of aryl methyl sites for hydroxylation is 1. The van der Waals surface area contributed by atoms with E-state index in [9.17, 15) is 4.79 Å². The molecule has 3 N–H and O–H groups in total. The summed E-state index contributed by atoms with van der Waals surface area (Å²) in [7, 11) is 1.75. The molecule has 8 heteroatoms. The molecule has 1 amide bonds. The zero-order valence-corrected chi connectivity index (χ0v) is 13.5. The number of halogens is 3. The number of hydrogen-bond donors (Lipinski definition) is 2. The Morgan fingerprint density at radius 2 is 2.15 bits per heavy atom. The van der Waals surface area contributed by atoms with Crippen LogP contribution in [0.1, 0.15) is 11.6 Å². The van der Waals surface area contributed by atoms with E-state index in [4.69, 9.17) is 28.9 Å². The molecule has 0 aliphatic rings. The van der Waals surface area contributed by atoms with Crippen LogP contribution >= 0.6 is 39.1 Å². The van der Waals surface area contributed by atoms with E-state index in [1.54, 1.807) is 36.3 Å². The van der Waals surface area contributed by atoms with Crippen LogP contribution in [0.2, 0.25) is 10.0 Å². The van der Waals surface area contributed by atoms with Gasteiger partial charge in [0.2, 0.25) is 5.91 Å². The molecule has 5 nitrogen and oxygen atoms in total. The molecule has 0 spiro atoms. The molecule has 2 aromatic rings. The van der Waals surface area contributed by atoms with E-state index in [2.05, 4.69) is 26.3 Å². The number of aromatic nitrogens is 2. The van der Waals surface area contributed by atoms with Crippen molar-refractivity contribution in [2.75, 3.05) is 5.32 Å². The maximum absolute atomic E-state index is 12.1. The van der Waals surface area contributed by atoms with Crippen molar-refractivity contribution in [2.45, 2.75) is 6.04 Å². The second-order valence-corrected chi connectivity index (χ2v) is 5.75. The predicted molar refractivity (Wildman–Crippen MR) is 82.9 cm³/mol. The van der Waals surface area contributed by atoms with E-state index in [0.717, 1.165) is 0 Å². The minimum Gasteiger partial charge on any atom is -0.323 e. The highest BCUT2D eigenvalue weighted by atomic mass is 79.9. The quantitative estimate of drug-likeness (QED) is 0.807. The number of nitrogens with one attached hydrogen (secondary N) is 1. The Morgan fingerprint density at radius 3 is 2.75 bits per heavy atom. The molecule has 0 saturated carbocycles. The van der Waals surface area contributed by atoms with Gasteiger partial charge < -0.3 is 11.1 Å². The standard InChI is InChI=1S/C12H11BrCl2N4O/c1-19-5-6(4-17-19)11(16)12(20)18-8-3-2-7(13)9(14)10(8)15/h2-5,11H,16H2,1H3,(H,18,20). The molecule has 0 bridgehead atoms. The first-order chi connectivity index (χ1) is 9.40. The third-order valence-corrected chi connectivity index (χ3v) is 4.43. The second-order valence-electron chi connectivity index (χ2n) is 4.14. The Bertz CT molecular complexity index is 659. The molecular weight excluding hydrogens is 367 g/mol. The van der Waals surface area contributed by atoms with Crippen LogP contribution < -0.4 is 11.1 Å². The molecule has 106 valence electrons. The fourth-order valence-electron chi connectivity index (χ4n) is 1.59. The summed E-state index contributed by atoms with van der Waals surface area (Å²) in [6, 6.07) is 2.51. The van der Waals surface area contributed by atoms with Crippen LogP contribution in [0.4, 0.5) is 5.69 Å². The number of rotatable bonds is 3. The minimum absolute atomic E-state index is 0.257. The fourth-order valence-corrected chi connectivity index (χ4v) is 2.41. The molecule has 1 heterocycles. The van der Waals surface area contributed by atoms with Gasteiger partial charge in [-0.25, -0.2) is 0 Å². The molecule has 2 rings (SSSR count). The normalized spacial score (nSPS) is 12.2. The SMILES string of the molecule is Cn1cc(C(N)C(=O)Nc2ccc(Br)c(Cl)c2Cl)cn1. The molecule has 1 aromatic carbocycles. The number of carbonyl (C=O) groups excluding carboxylic acids is 1. The van der Waals surface area contributed by atoms with Gasteiger partial charge in [0.15, 0.2) is 0 Å². The molecule has 0 saturated heterocycles. The Balaban J connectivity index is 2.18. The molecule has 20 heavy (non-hydrogen) atoms. The Hall–Kier alpha value is -1.08. The largest absolute Gasteiger partial charge is 0.323 e. The first-order valence-corrected chi connectivity index (χ1v) is 7.13. The Morgan fingerprint density at radius 1 is 1.45 bits per heavy atom. The van der Waals surface area contributed by atoms with E-state index in [1.807, 2.05) is 0 Å². The molecule has 0 fully saturated rings. The summed E-state index contributed by atoms with van der Waals surface area (Å²) in [6.45, 7) is 0. The van der Waals surface area contributed by atoms with Crippen molar-refractivity contribution in [3.8, 4) is 0 Å². The number of benzene rings is 1. The summed E-state index contributed by atoms with van der Waals surface area (Å²) in [6.07, 6.45) is 3.22. The number of nitrogens with two attached hydrogens (primary N) is 1. The lowest BCUT2D eigenvalue weighted by Crippen LogP contribution is -2.27. The molecule has 1 unspecified atom stereocenters. The minimum atomic E-state index is -0.831. The maximum atomic E-state index is 12.1. The van der Waals surface area contributed by atoms with Gasteiger partial charge in [-0.2, -0.15) is 5.10 Å². The topological polar surface area (TPSA) is 72.9 Å². The van der Waals surface area contributed by atoms with Crippen molar-refractivity contribution >= 4 is 50.7 Å². The van der Waals surface area contributed by atoms with E-state index in [-0.39, 0.29) is 5.02 Å². The van der Waals surface area contributed by atoms with Crippen molar-refractivity contribution in [2.24, 2.45) is 12.8 Å². The summed E-state index contributed by atoms with van der Waals surface area (Å²) in [5, 5.41) is 7.21. The number of anilines is 1. The van der Waals surface area contributed by atoms with Gasteiger partial charge in [0, 0.05) is 23.3 Å². The summed E-state index contributed by atoms with van der Waals surface area (Å²) < 4.78 is 2.23. The van der Waals surface area contributed by atoms with Gasteiger partial charge in [0.05, 0.1) is 21.9 Å². The van der Waals surface area contributed by atoms with E-state index in [0.29, 0.717) is 20.7 Å². The zero-order valence-electron chi connectivity index (χ0n) is 10.4. The fraction of sp³-hybridized carbons (Fsp3) is 0.167. The predicted octanol–water partition coefficient (Wildman–Crippen LogP) is 3.13. The third-order valence-electron chi connectivity index (χ3n) is 2.66. The number of amides is 1. The highest BCUT2D eigenvalue weighted by Gasteiger charge is 2.19. The molecular formula is C12H11BrCl2N4O.